The summed E-state index contributed by atoms with van der Waals surface area (Å²) in [5, 5.41) is 0. The summed E-state index contributed by atoms with van der Waals surface area (Å²) in [4.78, 5) is 27.7. The molecule has 0 atom stereocenters. The number of rotatable bonds is 6. The summed E-state index contributed by atoms with van der Waals surface area (Å²) in [6, 6.07) is 8.39. The van der Waals surface area contributed by atoms with Crippen molar-refractivity contribution < 1.29 is 9.18 Å². The van der Waals surface area contributed by atoms with Gasteiger partial charge in [0.25, 0.3) is 5.91 Å². The first-order valence-corrected chi connectivity index (χ1v) is 9.84. The van der Waals surface area contributed by atoms with Gasteiger partial charge in [0.05, 0.1) is 0 Å². The molecule has 28 heavy (non-hydrogen) atoms. The zero-order valence-corrected chi connectivity index (χ0v) is 16.9. The number of carbonyl (C=O) groups is 1. The van der Waals surface area contributed by atoms with Gasteiger partial charge in [-0.2, -0.15) is 0 Å². The number of unbranched alkanes of at least 4 members (excludes halogenated alkanes) is 1. The first-order chi connectivity index (χ1) is 13.5. The molecule has 1 aromatic heterocycles. The minimum absolute atomic E-state index is 0.0647. The Morgan fingerprint density at radius 1 is 1.11 bits per heavy atom. The second-order valence-corrected chi connectivity index (χ2v) is 7.19. The van der Waals surface area contributed by atoms with E-state index in [9.17, 15) is 9.18 Å². The SMILES string of the molecule is CCCCN(C)C(=O)c1cc(N2CCN(c3ccc(F)cc3)CC2)nc(C)n1. The Morgan fingerprint density at radius 3 is 2.39 bits per heavy atom. The van der Waals surface area contributed by atoms with Crippen molar-refractivity contribution >= 4 is 17.4 Å². The molecular weight excluding hydrogens is 357 g/mol. The van der Waals surface area contributed by atoms with Crippen LogP contribution in [0.2, 0.25) is 0 Å². The van der Waals surface area contributed by atoms with Crippen LogP contribution in [0.25, 0.3) is 0 Å². The van der Waals surface area contributed by atoms with Gasteiger partial charge in [-0.1, -0.05) is 13.3 Å². The first-order valence-electron chi connectivity index (χ1n) is 9.84. The van der Waals surface area contributed by atoms with Crippen molar-refractivity contribution in [3.63, 3.8) is 0 Å². The van der Waals surface area contributed by atoms with Gasteiger partial charge in [0, 0.05) is 51.5 Å². The van der Waals surface area contributed by atoms with E-state index < -0.39 is 0 Å². The molecule has 0 aliphatic carbocycles. The molecule has 1 aliphatic heterocycles. The molecule has 1 aliphatic rings. The Kier molecular flexibility index (Phi) is 6.44. The third-order valence-corrected chi connectivity index (χ3v) is 5.03. The van der Waals surface area contributed by atoms with E-state index in [-0.39, 0.29) is 11.7 Å². The van der Waals surface area contributed by atoms with Crippen LogP contribution in [-0.4, -0.2) is 60.5 Å². The maximum Gasteiger partial charge on any atom is 0.272 e. The Hall–Kier alpha value is -2.70. The van der Waals surface area contributed by atoms with Crippen molar-refractivity contribution in [2.45, 2.75) is 26.7 Å². The first kappa shape index (κ1) is 20.0. The molecule has 2 aromatic rings. The summed E-state index contributed by atoms with van der Waals surface area (Å²) in [6.07, 6.45) is 2.02. The van der Waals surface area contributed by atoms with Crippen LogP contribution in [0.1, 0.15) is 36.1 Å². The highest BCUT2D eigenvalue weighted by molar-refractivity contribution is 5.92. The van der Waals surface area contributed by atoms with Gasteiger partial charge in [-0.3, -0.25) is 4.79 Å². The third kappa shape index (κ3) is 4.77. The molecule has 0 unspecified atom stereocenters. The summed E-state index contributed by atoms with van der Waals surface area (Å²) in [6.45, 7) is 7.85. The highest BCUT2D eigenvalue weighted by Crippen LogP contribution is 2.20. The number of anilines is 2. The Morgan fingerprint density at radius 2 is 1.75 bits per heavy atom. The predicted molar refractivity (Wildman–Crippen MR) is 109 cm³/mol. The number of aromatic nitrogens is 2. The number of aryl methyl sites for hydroxylation is 1. The molecule has 1 fully saturated rings. The second kappa shape index (κ2) is 8.99. The Bertz CT molecular complexity index is 803. The quantitative estimate of drug-likeness (QED) is 0.765. The Labute approximate surface area is 166 Å². The number of hydrogen-bond acceptors (Lipinski definition) is 5. The summed E-state index contributed by atoms with van der Waals surface area (Å²) in [5.74, 6) is 1.11. The van der Waals surface area contributed by atoms with Crippen molar-refractivity contribution in [3.8, 4) is 0 Å². The normalized spacial score (nSPS) is 14.3. The number of halogens is 1. The summed E-state index contributed by atoms with van der Waals surface area (Å²) >= 11 is 0. The lowest BCUT2D eigenvalue weighted by atomic mass is 10.2. The van der Waals surface area contributed by atoms with Gasteiger partial charge in [-0.15, -0.1) is 0 Å². The molecule has 7 heteroatoms. The summed E-state index contributed by atoms with van der Waals surface area (Å²) < 4.78 is 13.1. The number of benzene rings is 1. The average molecular weight is 385 g/mol. The van der Waals surface area contributed by atoms with Gasteiger partial charge in [0.2, 0.25) is 0 Å². The number of nitrogens with zero attached hydrogens (tertiary/aromatic N) is 5. The fourth-order valence-corrected chi connectivity index (χ4v) is 3.36. The molecule has 0 bridgehead atoms. The average Bonchev–Trinajstić information content (AvgIpc) is 2.71. The van der Waals surface area contributed by atoms with Gasteiger partial charge < -0.3 is 14.7 Å². The van der Waals surface area contributed by atoms with E-state index in [0.717, 1.165) is 57.1 Å². The molecule has 0 radical (unpaired) electrons. The van der Waals surface area contributed by atoms with Crippen molar-refractivity contribution in [2.75, 3.05) is 49.6 Å². The number of hydrogen-bond donors (Lipinski definition) is 0. The van der Waals surface area contributed by atoms with Crippen LogP contribution >= 0.6 is 0 Å². The molecule has 6 nitrogen and oxygen atoms in total. The van der Waals surface area contributed by atoms with Crippen molar-refractivity contribution in [3.05, 3.63) is 47.7 Å². The lowest BCUT2D eigenvalue weighted by Gasteiger charge is -2.36. The van der Waals surface area contributed by atoms with E-state index in [0.29, 0.717) is 11.5 Å². The monoisotopic (exact) mass is 385 g/mol. The molecule has 1 aromatic carbocycles. The fraction of sp³-hybridized carbons (Fsp3) is 0.476. The van der Waals surface area contributed by atoms with Crippen LogP contribution in [0.15, 0.2) is 30.3 Å². The molecule has 3 rings (SSSR count). The molecule has 150 valence electrons. The Balaban J connectivity index is 1.68. The zero-order chi connectivity index (χ0) is 20.1. The van der Waals surface area contributed by atoms with E-state index in [2.05, 4.69) is 26.7 Å². The van der Waals surface area contributed by atoms with Crippen LogP contribution in [0.4, 0.5) is 15.9 Å². The molecular formula is C21H28FN5O. The highest BCUT2D eigenvalue weighted by atomic mass is 19.1. The highest BCUT2D eigenvalue weighted by Gasteiger charge is 2.21. The standard InChI is InChI=1S/C21H28FN5O/c1-4-5-10-25(3)21(28)19-15-20(24-16(2)23-19)27-13-11-26(12-14-27)18-8-6-17(22)7-9-18/h6-9,15H,4-5,10-14H2,1-3H3. The van der Waals surface area contributed by atoms with Crippen LogP contribution in [-0.2, 0) is 0 Å². The molecule has 1 amide bonds. The number of piperazine rings is 1. The third-order valence-electron chi connectivity index (χ3n) is 5.03. The maximum atomic E-state index is 13.1. The molecule has 0 spiro atoms. The summed E-state index contributed by atoms with van der Waals surface area (Å²) in [5.41, 5.74) is 1.47. The minimum atomic E-state index is -0.222. The molecule has 0 saturated carbocycles. The van der Waals surface area contributed by atoms with Gasteiger partial charge >= 0.3 is 0 Å². The molecule has 2 heterocycles. The number of carbonyl (C=O) groups excluding carboxylic acids is 1. The zero-order valence-electron chi connectivity index (χ0n) is 16.9. The van der Waals surface area contributed by atoms with Crippen LogP contribution < -0.4 is 9.80 Å². The number of amides is 1. The van der Waals surface area contributed by atoms with Crippen LogP contribution in [0.5, 0.6) is 0 Å². The minimum Gasteiger partial charge on any atom is -0.368 e. The van der Waals surface area contributed by atoms with E-state index in [1.165, 1.54) is 12.1 Å². The lowest BCUT2D eigenvalue weighted by Crippen LogP contribution is -2.47. The van der Waals surface area contributed by atoms with Crippen molar-refractivity contribution in [2.24, 2.45) is 0 Å². The van der Waals surface area contributed by atoms with Gasteiger partial charge in [-0.25, -0.2) is 14.4 Å². The lowest BCUT2D eigenvalue weighted by molar-refractivity contribution is 0.0787. The van der Waals surface area contributed by atoms with Crippen molar-refractivity contribution in [1.82, 2.24) is 14.9 Å². The van der Waals surface area contributed by atoms with Gasteiger partial charge in [0.1, 0.15) is 23.2 Å². The van der Waals surface area contributed by atoms with E-state index >= 15 is 0 Å². The predicted octanol–water partition coefficient (Wildman–Crippen LogP) is 3.12. The van der Waals surface area contributed by atoms with Crippen LogP contribution in [0, 0.1) is 12.7 Å². The maximum absolute atomic E-state index is 13.1. The van der Waals surface area contributed by atoms with Crippen molar-refractivity contribution in [1.29, 1.82) is 0 Å². The van der Waals surface area contributed by atoms with Gasteiger partial charge in [0.15, 0.2) is 0 Å². The fourth-order valence-electron chi connectivity index (χ4n) is 3.36. The van der Waals surface area contributed by atoms with Gasteiger partial charge in [-0.05, 0) is 37.6 Å². The molecule has 0 N–H and O–H groups in total. The topological polar surface area (TPSA) is 52.6 Å². The van der Waals surface area contributed by atoms with Crippen LogP contribution in [0.3, 0.4) is 0 Å². The van der Waals surface area contributed by atoms with E-state index in [4.69, 9.17) is 0 Å². The molecule has 1 saturated heterocycles. The summed E-state index contributed by atoms with van der Waals surface area (Å²) in [7, 11) is 1.82. The van der Waals surface area contributed by atoms with E-state index in [1.54, 1.807) is 11.0 Å². The second-order valence-electron chi connectivity index (χ2n) is 7.19. The smallest absolute Gasteiger partial charge is 0.272 e. The largest absolute Gasteiger partial charge is 0.368 e. The van der Waals surface area contributed by atoms with E-state index in [1.807, 2.05) is 26.1 Å².